The minimum absolute atomic E-state index is 0.318. The van der Waals surface area contributed by atoms with Gasteiger partial charge in [0.2, 0.25) is 0 Å². The normalized spacial score (nSPS) is 12.1. The van der Waals surface area contributed by atoms with Gasteiger partial charge < -0.3 is 4.57 Å². The molecule has 114 valence electrons. The Hall–Kier alpha value is -2.13. The van der Waals surface area contributed by atoms with Crippen LogP contribution in [0.5, 0.6) is 0 Å². The fourth-order valence-corrected chi connectivity index (χ4v) is 3.98. The highest BCUT2D eigenvalue weighted by Gasteiger charge is 2.07. The summed E-state index contributed by atoms with van der Waals surface area (Å²) in [6.45, 7) is 0.350. The molecule has 0 saturated heterocycles. The van der Waals surface area contributed by atoms with Crippen LogP contribution in [0.1, 0.15) is 4.88 Å². The standard InChI is InChI=1S/C17H11ClN2OS2/c1-2-9-20-14-7-5-12(18)11-15(14)23-17(20)19-16(21)8-6-13-4-3-10-22-13/h1,3-8,10-11H,9H2. The average Bonchev–Trinajstić information content (AvgIpc) is 3.14. The van der Waals surface area contributed by atoms with E-state index in [-0.39, 0.29) is 5.91 Å². The molecule has 3 rings (SSSR count). The van der Waals surface area contributed by atoms with Crippen LogP contribution >= 0.6 is 34.3 Å². The molecule has 3 aromatic rings. The van der Waals surface area contributed by atoms with Crippen LogP contribution in [-0.2, 0) is 11.3 Å². The second-order valence-corrected chi connectivity index (χ2v) is 7.01. The Morgan fingerprint density at radius 3 is 3.04 bits per heavy atom. The maximum Gasteiger partial charge on any atom is 0.272 e. The summed E-state index contributed by atoms with van der Waals surface area (Å²) in [6, 6.07) is 9.40. The number of hydrogen-bond acceptors (Lipinski definition) is 3. The molecule has 0 atom stereocenters. The molecule has 0 aliphatic heterocycles. The van der Waals surface area contributed by atoms with Gasteiger partial charge in [-0.3, -0.25) is 4.79 Å². The Morgan fingerprint density at radius 2 is 2.30 bits per heavy atom. The first-order chi connectivity index (χ1) is 11.2. The summed E-state index contributed by atoms with van der Waals surface area (Å²) in [5.41, 5.74) is 0.922. The molecule has 1 amide bonds. The van der Waals surface area contributed by atoms with Crippen molar-refractivity contribution in [1.82, 2.24) is 4.57 Å². The smallest absolute Gasteiger partial charge is 0.272 e. The first kappa shape index (κ1) is 15.8. The third-order valence-corrected chi connectivity index (χ3v) is 5.15. The van der Waals surface area contributed by atoms with Gasteiger partial charge in [0.25, 0.3) is 5.91 Å². The van der Waals surface area contributed by atoms with Crippen molar-refractivity contribution in [3.63, 3.8) is 0 Å². The number of rotatable bonds is 3. The molecular formula is C17H11ClN2OS2. The summed E-state index contributed by atoms with van der Waals surface area (Å²) in [7, 11) is 0. The van der Waals surface area contributed by atoms with Gasteiger partial charge in [0.15, 0.2) is 4.80 Å². The fourth-order valence-electron chi connectivity index (χ4n) is 2.05. The Bertz CT molecular complexity index is 988. The van der Waals surface area contributed by atoms with Crippen LogP contribution in [-0.4, -0.2) is 10.5 Å². The zero-order valence-electron chi connectivity index (χ0n) is 11.9. The SMILES string of the molecule is C#CCn1c(=NC(=O)C=Cc2cccs2)sc2cc(Cl)ccc21. The summed E-state index contributed by atoms with van der Waals surface area (Å²) in [5, 5.41) is 2.60. The van der Waals surface area contributed by atoms with Gasteiger partial charge in [-0.1, -0.05) is 34.9 Å². The predicted molar refractivity (Wildman–Crippen MR) is 97.6 cm³/mol. The van der Waals surface area contributed by atoms with E-state index in [1.807, 2.05) is 34.2 Å². The van der Waals surface area contributed by atoms with Crippen LogP contribution < -0.4 is 4.80 Å². The van der Waals surface area contributed by atoms with Crippen molar-refractivity contribution in [1.29, 1.82) is 0 Å². The lowest BCUT2D eigenvalue weighted by molar-refractivity contribution is -0.113. The Labute approximate surface area is 146 Å². The number of thiophene rings is 1. The third kappa shape index (κ3) is 3.62. The van der Waals surface area contributed by atoms with Crippen LogP contribution in [0.15, 0.2) is 46.8 Å². The summed E-state index contributed by atoms with van der Waals surface area (Å²) in [5.74, 6) is 2.28. The first-order valence-corrected chi connectivity index (χ1v) is 8.77. The van der Waals surface area contributed by atoms with Crippen molar-refractivity contribution >= 4 is 56.5 Å². The second kappa shape index (κ2) is 6.97. The molecule has 0 fully saturated rings. The highest BCUT2D eigenvalue weighted by Crippen LogP contribution is 2.21. The highest BCUT2D eigenvalue weighted by molar-refractivity contribution is 7.16. The van der Waals surface area contributed by atoms with E-state index in [1.54, 1.807) is 23.5 Å². The number of hydrogen-bond donors (Lipinski definition) is 0. The molecule has 3 nitrogen and oxygen atoms in total. The van der Waals surface area contributed by atoms with Gasteiger partial charge >= 0.3 is 0 Å². The van der Waals surface area contributed by atoms with E-state index >= 15 is 0 Å². The van der Waals surface area contributed by atoms with E-state index in [2.05, 4.69) is 10.9 Å². The lowest BCUT2D eigenvalue weighted by Crippen LogP contribution is -2.15. The number of aromatic nitrogens is 1. The molecule has 0 radical (unpaired) electrons. The molecule has 1 aromatic carbocycles. The van der Waals surface area contributed by atoms with Gasteiger partial charge in [-0.2, -0.15) is 4.99 Å². The minimum atomic E-state index is -0.318. The molecule has 2 aromatic heterocycles. The summed E-state index contributed by atoms with van der Waals surface area (Å²) >= 11 is 8.98. The molecule has 0 unspecified atom stereocenters. The zero-order chi connectivity index (χ0) is 16.2. The number of thiazole rings is 1. The molecule has 0 aliphatic carbocycles. The fraction of sp³-hybridized carbons (Fsp3) is 0.0588. The number of terminal acetylenes is 1. The maximum absolute atomic E-state index is 12.1. The van der Waals surface area contributed by atoms with Crippen molar-refractivity contribution < 1.29 is 4.79 Å². The number of nitrogens with zero attached hydrogens (tertiary/aromatic N) is 2. The maximum atomic E-state index is 12.1. The molecule has 6 heteroatoms. The van der Waals surface area contributed by atoms with Gasteiger partial charge in [0.1, 0.15) is 0 Å². The predicted octanol–water partition coefficient (Wildman–Crippen LogP) is 4.19. The van der Waals surface area contributed by atoms with Gasteiger partial charge in [-0.25, -0.2) is 0 Å². The molecule has 0 aliphatic rings. The van der Waals surface area contributed by atoms with Crippen LogP contribution in [0.2, 0.25) is 5.02 Å². The summed E-state index contributed by atoms with van der Waals surface area (Å²) in [6.07, 6.45) is 8.65. The van der Waals surface area contributed by atoms with Gasteiger partial charge in [-0.15, -0.1) is 17.8 Å². The van der Waals surface area contributed by atoms with E-state index in [0.29, 0.717) is 16.4 Å². The quantitative estimate of drug-likeness (QED) is 0.510. The number of benzene rings is 1. The van der Waals surface area contributed by atoms with E-state index in [0.717, 1.165) is 15.1 Å². The summed E-state index contributed by atoms with van der Waals surface area (Å²) < 4.78 is 2.79. The topological polar surface area (TPSA) is 34.4 Å². The van der Waals surface area contributed by atoms with Crippen molar-refractivity contribution in [2.75, 3.05) is 0 Å². The van der Waals surface area contributed by atoms with Crippen molar-refractivity contribution in [2.24, 2.45) is 4.99 Å². The van der Waals surface area contributed by atoms with Gasteiger partial charge in [0.05, 0.1) is 16.8 Å². The molecular weight excluding hydrogens is 348 g/mol. The number of fused-ring (bicyclic) bond motifs is 1. The number of halogens is 1. The average molecular weight is 359 g/mol. The second-order valence-electron chi connectivity index (χ2n) is 4.59. The van der Waals surface area contributed by atoms with Crippen LogP contribution in [0.25, 0.3) is 16.3 Å². The van der Waals surface area contributed by atoms with E-state index in [1.165, 1.54) is 17.4 Å². The van der Waals surface area contributed by atoms with Crippen LogP contribution in [0, 0.1) is 12.3 Å². The van der Waals surface area contributed by atoms with Gasteiger partial charge in [0, 0.05) is 16.0 Å². The Balaban J connectivity index is 2.02. The number of carbonyl (C=O) groups excluding carboxylic acids is 1. The third-order valence-electron chi connectivity index (χ3n) is 3.03. The molecule has 2 heterocycles. The minimum Gasteiger partial charge on any atom is -0.305 e. The Kier molecular flexibility index (Phi) is 4.77. The van der Waals surface area contributed by atoms with E-state index in [4.69, 9.17) is 18.0 Å². The lowest BCUT2D eigenvalue weighted by Gasteiger charge is -1.99. The van der Waals surface area contributed by atoms with Crippen molar-refractivity contribution in [3.05, 3.63) is 56.5 Å². The largest absolute Gasteiger partial charge is 0.305 e. The van der Waals surface area contributed by atoms with Crippen molar-refractivity contribution in [3.8, 4) is 12.3 Å². The number of amides is 1. The molecule has 23 heavy (non-hydrogen) atoms. The van der Waals surface area contributed by atoms with E-state index in [9.17, 15) is 4.79 Å². The van der Waals surface area contributed by atoms with Crippen LogP contribution in [0.3, 0.4) is 0 Å². The first-order valence-electron chi connectivity index (χ1n) is 6.70. The van der Waals surface area contributed by atoms with E-state index < -0.39 is 0 Å². The monoisotopic (exact) mass is 358 g/mol. The highest BCUT2D eigenvalue weighted by atomic mass is 35.5. The summed E-state index contributed by atoms with van der Waals surface area (Å²) in [4.78, 5) is 17.8. The molecule has 0 spiro atoms. The number of carbonyl (C=O) groups is 1. The molecule has 0 saturated carbocycles. The lowest BCUT2D eigenvalue weighted by atomic mass is 10.3. The van der Waals surface area contributed by atoms with Crippen molar-refractivity contribution in [2.45, 2.75) is 6.54 Å². The molecule has 0 bridgehead atoms. The van der Waals surface area contributed by atoms with Crippen LogP contribution in [0.4, 0.5) is 0 Å². The van der Waals surface area contributed by atoms with Gasteiger partial charge in [-0.05, 0) is 35.7 Å². The molecule has 0 N–H and O–H groups in total. The zero-order valence-corrected chi connectivity index (χ0v) is 14.3. The Morgan fingerprint density at radius 1 is 1.43 bits per heavy atom.